The van der Waals surface area contributed by atoms with Gasteiger partial charge in [-0.2, -0.15) is 5.26 Å². The number of aromatic nitrogens is 1. The first-order chi connectivity index (χ1) is 8.69. The molecule has 88 valence electrons. The molecule has 18 heavy (non-hydrogen) atoms. The number of nitro groups is 1. The predicted molar refractivity (Wildman–Crippen MR) is 66.2 cm³/mol. The summed E-state index contributed by atoms with van der Waals surface area (Å²) in [5.41, 5.74) is 0.565. The summed E-state index contributed by atoms with van der Waals surface area (Å²) < 4.78 is 0. The van der Waals surface area contributed by atoms with Crippen LogP contribution in [0.2, 0.25) is 0 Å². The molecule has 2 aromatic rings. The van der Waals surface area contributed by atoms with Gasteiger partial charge >= 0.3 is 0 Å². The first-order valence-corrected chi connectivity index (χ1v) is 5.79. The fraction of sp³-hybridized carbons (Fsp3) is 0. The predicted octanol–water partition coefficient (Wildman–Crippen LogP) is 3.01. The van der Waals surface area contributed by atoms with Crippen molar-refractivity contribution < 1.29 is 4.92 Å². The van der Waals surface area contributed by atoms with Crippen molar-refractivity contribution in [1.29, 1.82) is 5.26 Å². The van der Waals surface area contributed by atoms with Crippen LogP contribution in [0.25, 0.3) is 0 Å². The Morgan fingerprint density at radius 3 is 2.44 bits per heavy atom. The van der Waals surface area contributed by atoms with E-state index in [0.717, 1.165) is 9.92 Å². The van der Waals surface area contributed by atoms with E-state index >= 15 is 0 Å². The van der Waals surface area contributed by atoms with Crippen LogP contribution in [0.15, 0.2) is 52.5 Å². The molecule has 0 saturated carbocycles. The summed E-state index contributed by atoms with van der Waals surface area (Å²) in [6, 6.07) is 11.7. The normalized spacial score (nSPS) is 9.72. The molecule has 0 bridgehead atoms. The molecule has 2 rings (SSSR count). The summed E-state index contributed by atoms with van der Waals surface area (Å²) in [5.74, 6) is 0. The monoisotopic (exact) mass is 257 g/mol. The maximum atomic E-state index is 10.5. The number of non-ortho nitro benzene ring substituents is 1. The molecule has 0 aliphatic carbocycles. The second-order valence-corrected chi connectivity index (χ2v) is 4.44. The largest absolute Gasteiger partial charge is 0.269 e. The van der Waals surface area contributed by atoms with Crippen LogP contribution in [0.4, 0.5) is 5.69 Å². The van der Waals surface area contributed by atoms with Gasteiger partial charge in [0.15, 0.2) is 0 Å². The average molecular weight is 257 g/mol. The summed E-state index contributed by atoms with van der Waals surface area (Å²) in [6.45, 7) is 0. The first-order valence-electron chi connectivity index (χ1n) is 4.97. The second kappa shape index (κ2) is 5.29. The second-order valence-electron chi connectivity index (χ2n) is 3.35. The fourth-order valence-electron chi connectivity index (χ4n) is 1.26. The Morgan fingerprint density at radius 2 is 1.94 bits per heavy atom. The zero-order chi connectivity index (χ0) is 13.0. The van der Waals surface area contributed by atoms with E-state index in [1.807, 2.05) is 6.07 Å². The van der Waals surface area contributed by atoms with Crippen molar-refractivity contribution in [1.82, 2.24) is 4.98 Å². The van der Waals surface area contributed by atoms with Crippen molar-refractivity contribution in [2.75, 3.05) is 0 Å². The summed E-state index contributed by atoms with van der Waals surface area (Å²) in [4.78, 5) is 15.0. The lowest BCUT2D eigenvalue weighted by Gasteiger charge is -2.00. The molecule has 0 amide bonds. The topological polar surface area (TPSA) is 79.8 Å². The van der Waals surface area contributed by atoms with Crippen LogP contribution in [-0.2, 0) is 0 Å². The molecule has 5 nitrogen and oxygen atoms in total. The van der Waals surface area contributed by atoms with Gasteiger partial charge in [0.1, 0.15) is 11.1 Å². The van der Waals surface area contributed by atoms with E-state index in [9.17, 15) is 10.1 Å². The minimum absolute atomic E-state index is 0.0622. The standard InChI is InChI=1S/C12H7N3O2S/c13-7-9-1-6-12(14-8-9)18-11-4-2-10(3-5-11)15(16)17/h1-6,8H. The molecule has 0 N–H and O–H groups in total. The molecule has 1 aromatic heterocycles. The van der Waals surface area contributed by atoms with Crippen molar-refractivity contribution in [3.63, 3.8) is 0 Å². The van der Waals surface area contributed by atoms with Gasteiger partial charge in [0.05, 0.1) is 10.5 Å². The summed E-state index contributed by atoms with van der Waals surface area (Å²) in [5, 5.41) is 19.9. The van der Waals surface area contributed by atoms with Crippen LogP contribution in [0.5, 0.6) is 0 Å². The molecule has 1 aromatic carbocycles. The lowest BCUT2D eigenvalue weighted by atomic mass is 10.3. The van der Waals surface area contributed by atoms with Crippen LogP contribution in [0.1, 0.15) is 5.56 Å². The molecule has 0 aliphatic rings. The smallest absolute Gasteiger partial charge is 0.258 e. The molecule has 0 unspecified atom stereocenters. The number of rotatable bonds is 3. The van der Waals surface area contributed by atoms with Crippen LogP contribution in [0, 0.1) is 21.4 Å². The third kappa shape index (κ3) is 2.84. The number of hydrogen-bond donors (Lipinski definition) is 0. The number of nitro benzene ring substituents is 1. The van der Waals surface area contributed by atoms with Gasteiger partial charge < -0.3 is 0 Å². The molecule has 0 radical (unpaired) electrons. The van der Waals surface area contributed by atoms with E-state index in [-0.39, 0.29) is 5.69 Å². The SMILES string of the molecule is N#Cc1ccc(Sc2ccc([N+](=O)[O-])cc2)nc1. The lowest BCUT2D eigenvalue weighted by molar-refractivity contribution is -0.384. The van der Waals surface area contributed by atoms with E-state index in [1.165, 1.54) is 30.1 Å². The van der Waals surface area contributed by atoms with Crippen molar-refractivity contribution in [3.8, 4) is 6.07 Å². The van der Waals surface area contributed by atoms with Crippen molar-refractivity contribution in [2.24, 2.45) is 0 Å². The molecule has 1 heterocycles. The van der Waals surface area contributed by atoms with Gasteiger partial charge in [-0.15, -0.1) is 0 Å². The number of benzene rings is 1. The summed E-state index contributed by atoms with van der Waals surface area (Å²) in [7, 11) is 0. The molecular weight excluding hydrogens is 250 g/mol. The molecular formula is C12H7N3O2S. The Balaban J connectivity index is 2.13. The van der Waals surface area contributed by atoms with E-state index in [4.69, 9.17) is 5.26 Å². The Hall–Kier alpha value is -2.39. The fourth-order valence-corrected chi connectivity index (χ4v) is 2.02. The molecule has 0 atom stereocenters. The minimum atomic E-state index is -0.436. The first kappa shape index (κ1) is 12.1. The number of pyridine rings is 1. The highest BCUT2D eigenvalue weighted by Gasteiger charge is 2.05. The molecule has 6 heteroatoms. The highest BCUT2D eigenvalue weighted by atomic mass is 32.2. The summed E-state index contributed by atoms with van der Waals surface area (Å²) >= 11 is 1.38. The average Bonchev–Trinajstić information content (AvgIpc) is 2.40. The number of nitrogens with zero attached hydrogens (tertiary/aromatic N) is 3. The minimum Gasteiger partial charge on any atom is -0.258 e. The van der Waals surface area contributed by atoms with Gasteiger partial charge in [-0.1, -0.05) is 11.8 Å². The van der Waals surface area contributed by atoms with Gasteiger partial charge in [-0.05, 0) is 24.3 Å². The molecule has 0 aliphatic heterocycles. The highest BCUT2D eigenvalue weighted by Crippen LogP contribution is 2.27. The van der Waals surface area contributed by atoms with Gasteiger partial charge in [-0.25, -0.2) is 4.98 Å². The third-order valence-electron chi connectivity index (χ3n) is 2.14. The Kier molecular flexibility index (Phi) is 3.55. The van der Waals surface area contributed by atoms with E-state index < -0.39 is 4.92 Å². The van der Waals surface area contributed by atoms with Crippen molar-refractivity contribution in [3.05, 3.63) is 58.3 Å². The molecule has 0 spiro atoms. The van der Waals surface area contributed by atoms with Crippen LogP contribution in [0.3, 0.4) is 0 Å². The van der Waals surface area contributed by atoms with Crippen LogP contribution >= 0.6 is 11.8 Å². The quantitative estimate of drug-likeness (QED) is 0.623. The zero-order valence-electron chi connectivity index (χ0n) is 9.11. The van der Waals surface area contributed by atoms with E-state index in [1.54, 1.807) is 24.3 Å². The van der Waals surface area contributed by atoms with Gasteiger partial charge in [0, 0.05) is 23.2 Å². The van der Waals surface area contributed by atoms with Gasteiger partial charge in [-0.3, -0.25) is 10.1 Å². The van der Waals surface area contributed by atoms with Gasteiger partial charge in [0.2, 0.25) is 0 Å². The molecule has 0 fully saturated rings. The number of nitriles is 1. The van der Waals surface area contributed by atoms with E-state index in [0.29, 0.717) is 5.56 Å². The van der Waals surface area contributed by atoms with E-state index in [2.05, 4.69) is 4.98 Å². The maximum absolute atomic E-state index is 10.5. The molecule has 0 saturated heterocycles. The van der Waals surface area contributed by atoms with Crippen LogP contribution in [-0.4, -0.2) is 9.91 Å². The Bertz CT molecular complexity index is 603. The highest BCUT2D eigenvalue weighted by molar-refractivity contribution is 7.99. The maximum Gasteiger partial charge on any atom is 0.269 e. The Labute approximate surface area is 107 Å². The van der Waals surface area contributed by atoms with Crippen LogP contribution < -0.4 is 0 Å². The number of hydrogen-bond acceptors (Lipinski definition) is 5. The van der Waals surface area contributed by atoms with Crippen molar-refractivity contribution in [2.45, 2.75) is 9.92 Å². The lowest BCUT2D eigenvalue weighted by Crippen LogP contribution is -1.87. The Morgan fingerprint density at radius 1 is 1.22 bits per heavy atom. The van der Waals surface area contributed by atoms with Gasteiger partial charge in [0.25, 0.3) is 5.69 Å². The third-order valence-corrected chi connectivity index (χ3v) is 3.09. The zero-order valence-corrected chi connectivity index (χ0v) is 9.92. The summed E-state index contributed by atoms with van der Waals surface area (Å²) in [6.07, 6.45) is 1.49. The van der Waals surface area contributed by atoms with Crippen molar-refractivity contribution >= 4 is 17.4 Å².